The van der Waals surface area contributed by atoms with Crippen LogP contribution in [0.3, 0.4) is 0 Å². The van der Waals surface area contributed by atoms with Crippen molar-refractivity contribution in [3.05, 3.63) is 0 Å². The number of aliphatic hydroxyl groups excluding tert-OH is 1. The van der Waals surface area contributed by atoms with E-state index in [9.17, 15) is 43.2 Å². The molecule has 3 unspecified atom stereocenters. The Hall–Kier alpha value is -1.94. The summed E-state index contributed by atoms with van der Waals surface area (Å²) in [4.78, 5) is 73.0. The molecule has 6 atom stereocenters. The maximum absolute atomic E-state index is 13.1. The third-order valence-corrected chi connectivity index (χ3v) is 21.1. The molecule has 0 aliphatic carbocycles. The van der Waals surface area contributed by atoms with Gasteiger partial charge in [-0.15, -0.1) is 0 Å². The van der Waals surface area contributed by atoms with Crippen LogP contribution in [-0.4, -0.2) is 96.7 Å². The molecule has 0 rings (SSSR count). The average molecular weight is 1470 g/mol. The van der Waals surface area contributed by atoms with Crippen molar-refractivity contribution in [3.63, 3.8) is 0 Å². The van der Waals surface area contributed by atoms with Crippen molar-refractivity contribution in [2.45, 2.75) is 433 Å². The molecule has 0 heterocycles. The van der Waals surface area contributed by atoms with E-state index in [2.05, 4.69) is 55.4 Å². The van der Waals surface area contributed by atoms with Crippen molar-refractivity contribution >= 4 is 39.5 Å². The van der Waals surface area contributed by atoms with Gasteiger partial charge < -0.3 is 33.8 Å². The maximum atomic E-state index is 13.1. The zero-order valence-corrected chi connectivity index (χ0v) is 67.6. The van der Waals surface area contributed by atoms with Crippen molar-refractivity contribution in [3.8, 4) is 0 Å². The summed E-state index contributed by atoms with van der Waals surface area (Å²) >= 11 is 0. The Morgan fingerprint density at radius 3 is 0.710 bits per heavy atom. The van der Waals surface area contributed by atoms with Crippen LogP contribution in [0.5, 0.6) is 0 Å². The molecular weight excluding hydrogens is 1310 g/mol. The lowest BCUT2D eigenvalue weighted by Gasteiger charge is -2.21. The number of aliphatic hydroxyl groups is 1. The molecule has 0 bridgehead atoms. The van der Waals surface area contributed by atoms with Gasteiger partial charge in [-0.05, 0) is 49.4 Å². The van der Waals surface area contributed by atoms with Gasteiger partial charge in [-0.25, -0.2) is 9.13 Å². The van der Waals surface area contributed by atoms with Crippen LogP contribution in [0.2, 0.25) is 0 Å². The first kappa shape index (κ1) is 98.1. The van der Waals surface area contributed by atoms with Gasteiger partial charge in [-0.3, -0.25) is 37.3 Å². The molecule has 0 saturated heterocycles. The Bertz CT molecular complexity index is 1960. The van der Waals surface area contributed by atoms with Crippen LogP contribution in [0, 0.1) is 23.7 Å². The van der Waals surface area contributed by atoms with Crippen molar-refractivity contribution in [2.75, 3.05) is 39.6 Å². The Morgan fingerprint density at radius 1 is 0.280 bits per heavy atom. The average Bonchev–Trinajstić information content (AvgIpc) is 2.82. The van der Waals surface area contributed by atoms with Gasteiger partial charge in [0.2, 0.25) is 0 Å². The maximum Gasteiger partial charge on any atom is 0.472 e. The molecule has 0 fully saturated rings. The number of ether oxygens (including phenoxy) is 4. The van der Waals surface area contributed by atoms with Crippen LogP contribution in [0.25, 0.3) is 0 Å². The largest absolute Gasteiger partial charge is 0.472 e. The molecule has 0 amide bonds. The summed E-state index contributed by atoms with van der Waals surface area (Å²) in [5, 5.41) is 10.6. The SMILES string of the molecule is CCC(C)CCCCCCCCCCCCC(=O)O[C@H](COC(=O)CCCCCCCCC(C)C)COP(=O)(O)OC[C@H](O)COP(=O)(O)OC[C@@H](COC(=O)CCCCCCCCCCCCCCCCCCCCC(C)C)OC(=O)CCCCCCCCCCCCCCCC(C)C. The molecule has 0 saturated carbocycles. The highest BCUT2D eigenvalue weighted by Gasteiger charge is 2.30. The second kappa shape index (κ2) is 70.1. The first-order valence-corrected chi connectivity index (χ1v) is 44.7. The minimum Gasteiger partial charge on any atom is -0.462 e. The third-order valence-electron chi connectivity index (χ3n) is 19.2. The van der Waals surface area contributed by atoms with Crippen LogP contribution >= 0.6 is 15.6 Å². The summed E-state index contributed by atoms with van der Waals surface area (Å²) in [7, 11) is -9.92. The summed E-state index contributed by atoms with van der Waals surface area (Å²) in [6.45, 7) is 14.2. The smallest absolute Gasteiger partial charge is 0.462 e. The Morgan fingerprint density at radius 2 is 0.480 bits per heavy atom. The predicted octanol–water partition coefficient (Wildman–Crippen LogP) is 24.0. The standard InChI is InChI=1S/C81H158O17P2/c1-9-74(8)60-52-44-35-29-25-26-32-38-48-56-64-81(86)98-77(68-92-79(84)62-54-46-40-39-43-51-59-73(6)7)70-96-100(89,90)94-66-75(82)65-93-99(87,88)95-69-76(97-80(85)63-55-47-37-31-24-20-16-18-22-28-34-42-50-58-72(4)5)67-91-78(83)61-53-45-36-30-23-19-15-13-11-10-12-14-17-21-27-33-41-49-57-71(2)3/h71-77,82H,9-70H2,1-8H3,(H,87,88)(H,89,90)/t74?,75-,76-,77-/m1/s1. The number of phosphoric acid groups is 2. The van der Waals surface area contributed by atoms with E-state index in [0.29, 0.717) is 31.6 Å². The lowest BCUT2D eigenvalue weighted by atomic mass is 9.99. The summed E-state index contributed by atoms with van der Waals surface area (Å²) < 4.78 is 68.7. The second-order valence-corrected chi connectivity index (χ2v) is 33.7. The van der Waals surface area contributed by atoms with Crippen LogP contribution in [0.4, 0.5) is 0 Å². The second-order valence-electron chi connectivity index (χ2n) is 30.8. The number of carbonyl (C=O) groups is 4. The number of carbonyl (C=O) groups excluding carboxylic acids is 4. The van der Waals surface area contributed by atoms with Gasteiger partial charge in [0.15, 0.2) is 12.2 Å². The Kier molecular flexibility index (Phi) is 68.7. The highest BCUT2D eigenvalue weighted by molar-refractivity contribution is 7.47. The molecule has 0 aromatic rings. The predicted molar refractivity (Wildman–Crippen MR) is 409 cm³/mol. The molecule has 17 nitrogen and oxygen atoms in total. The lowest BCUT2D eigenvalue weighted by molar-refractivity contribution is -0.161. The van der Waals surface area contributed by atoms with E-state index < -0.39 is 97.5 Å². The molecule has 0 aliphatic heterocycles. The van der Waals surface area contributed by atoms with E-state index in [1.165, 1.54) is 212 Å². The number of unbranched alkanes of at least 4 members (excludes halogenated alkanes) is 43. The fourth-order valence-electron chi connectivity index (χ4n) is 12.4. The quantitative estimate of drug-likeness (QED) is 0.0222. The molecule has 0 aromatic heterocycles. The minimum atomic E-state index is -4.96. The normalized spacial score (nSPS) is 14.3. The molecular formula is C81H158O17P2. The van der Waals surface area contributed by atoms with Gasteiger partial charge in [-0.1, -0.05) is 364 Å². The summed E-state index contributed by atoms with van der Waals surface area (Å²) in [5.41, 5.74) is 0. The van der Waals surface area contributed by atoms with Crippen LogP contribution in [0.15, 0.2) is 0 Å². The van der Waals surface area contributed by atoms with Crippen LogP contribution in [-0.2, 0) is 65.4 Å². The monoisotopic (exact) mass is 1470 g/mol. The van der Waals surface area contributed by atoms with E-state index >= 15 is 0 Å². The van der Waals surface area contributed by atoms with E-state index in [1.54, 1.807) is 0 Å². The van der Waals surface area contributed by atoms with Crippen LogP contribution in [0.1, 0.15) is 415 Å². The topological polar surface area (TPSA) is 237 Å². The van der Waals surface area contributed by atoms with Crippen molar-refractivity contribution in [1.29, 1.82) is 0 Å². The van der Waals surface area contributed by atoms with Crippen LogP contribution < -0.4 is 0 Å². The molecule has 594 valence electrons. The first-order valence-electron chi connectivity index (χ1n) is 41.7. The first-order chi connectivity index (χ1) is 48.1. The molecule has 0 spiro atoms. The van der Waals surface area contributed by atoms with Crippen molar-refractivity contribution in [2.24, 2.45) is 23.7 Å². The van der Waals surface area contributed by atoms with Crippen molar-refractivity contribution < 1.29 is 80.2 Å². The molecule has 0 aromatic carbocycles. The number of phosphoric ester groups is 2. The fourth-order valence-corrected chi connectivity index (χ4v) is 14.0. The highest BCUT2D eigenvalue weighted by atomic mass is 31.2. The number of esters is 4. The van der Waals surface area contributed by atoms with E-state index in [1.807, 2.05) is 0 Å². The Balaban J connectivity index is 5.21. The molecule has 100 heavy (non-hydrogen) atoms. The zero-order valence-electron chi connectivity index (χ0n) is 65.8. The summed E-state index contributed by atoms with van der Waals surface area (Å²) in [6, 6.07) is 0. The van der Waals surface area contributed by atoms with Gasteiger partial charge in [0.25, 0.3) is 0 Å². The molecule has 0 radical (unpaired) electrons. The van der Waals surface area contributed by atoms with Gasteiger partial charge in [0.05, 0.1) is 26.4 Å². The zero-order chi connectivity index (χ0) is 73.8. The minimum absolute atomic E-state index is 0.105. The lowest BCUT2D eigenvalue weighted by Crippen LogP contribution is -2.30. The van der Waals surface area contributed by atoms with E-state index in [4.69, 9.17) is 37.0 Å². The highest BCUT2D eigenvalue weighted by Crippen LogP contribution is 2.45. The van der Waals surface area contributed by atoms with Gasteiger partial charge >= 0.3 is 39.5 Å². The molecule has 3 N–H and O–H groups in total. The Labute approximate surface area is 613 Å². The van der Waals surface area contributed by atoms with Crippen molar-refractivity contribution in [1.82, 2.24) is 0 Å². The number of hydrogen-bond acceptors (Lipinski definition) is 15. The molecule has 19 heteroatoms. The number of hydrogen-bond donors (Lipinski definition) is 3. The van der Waals surface area contributed by atoms with Gasteiger partial charge in [0.1, 0.15) is 19.3 Å². The summed E-state index contributed by atoms with van der Waals surface area (Å²) in [6.07, 6.45) is 57.1. The van der Waals surface area contributed by atoms with Gasteiger partial charge in [-0.2, -0.15) is 0 Å². The van der Waals surface area contributed by atoms with Gasteiger partial charge in [0, 0.05) is 25.7 Å². The number of rotatable bonds is 78. The fraction of sp³-hybridized carbons (Fsp3) is 0.951. The third kappa shape index (κ3) is 73.0. The summed E-state index contributed by atoms with van der Waals surface area (Å²) in [5.74, 6) is 0.975. The van der Waals surface area contributed by atoms with E-state index in [0.717, 1.165) is 114 Å². The molecule has 0 aliphatic rings. The van der Waals surface area contributed by atoms with E-state index in [-0.39, 0.29) is 25.7 Å².